The molecule has 0 radical (unpaired) electrons. The Morgan fingerprint density at radius 1 is 1.06 bits per heavy atom. The highest BCUT2D eigenvalue weighted by atomic mass is 35.5. The van der Waals surface area contributed by atoms with Crippen molar-refractivity contribution in [3.63, 3.8) is 0 Å². The first kappa shape index (κ1) is 24.5. The van der Waals surface area contributed by atoms with Crippen molar-refractivity contribution in [1.82, 2.24) is 9.55 Å². The summed E-state index contributed by atoms with van der Waals surface area (Å²) in [5, 5.41) is 3.89. The Bertz CT molecular complexity index is 1440. The van der Waals surface area contributed by atoms with Crippen molar-refractivity contribution in [2.24, 2.45) is 0 Å². The van der Waals surface area contributed by atoms with Crippen LogP contribution in [0.4, 0.5) is 5.69 Å². The largest absolute Gasteiger partial charge is 0.462 e. The number of hydrogen-bond donors (Lipinski definition) is 1. The predicted octanol–water partition coefficient (Wildman–Crippen LogP) is 5.34. The molecule has 7 nitrogen and oxygen atoms in total. The molecule has 0 aliphatic carbocycles. The van der Waals surface area contributed by atoms with Crippen LogP contribution < -0.4 is 10.9 Å². The van der Waals surface area contributed by atoms with E-state index in [1.165, 1.54) is 16.7 Å². The van der Waals surface area contributed by atoms with Crippen LogP contribution in [0.25, 0.3) is 16.6 Å². The molecule has 0 saturated carbocycles. The molecule has 0 atom stereocenters. The molecule has 0 unspecified atom stereocenters. The maximum atomic E-state index is 13.2. The molecule has 0 fully saturated rings. The normalized spacial score (nSPS) is 10.8. The van der Waals surface area contributed by atoms with E-state index in [1.807, 2.05) is 43.3 Å². The van der Waals surface area contributed by atoms with Crippen LogP contribution in [0.3, 0.4) is 0 Å². The van der Waals surface area contributed by atoms with E-state index in [4.69, 9.17) is 16.3 Å². The summed E-state index contributed by atoms with van der Waals surface area (Å²) >= 11 is 7.27. The fraction of sp³-hybridized carbons (Fsp3) is 0.154. The topological polar surface area (TPSA) is 90.3 Å². The van der Waals surface area contributed by atoms with Gasteiger partial charge in [0, 0.05) is 5.69 Å². The van der Waals surface area contributed by atoms with Crippen LogP contribution in [-0.4, -0.2) is 33.8 Å². The van der Waals surface area contributed by atoms with Gasteiger partial charge in [-0.3, -0.25) is 14.2 Å². The van der Waals surface area contributed by atoms with Crippen LogP contribution in [0.2, 0.25) is 5.02 Å². The summed E-state index contributed by atoms with van der Waals surface area (Å²) in [4.78, 5) is 42.8. The van der Waals surface area contributed by atoms with Gasteiger partial charge in [-0.05, 0) is 48.9 Å². The van der Waals surface area contributed by atoms with E-state index in [1.54, 1.807) is 24.3 Å². The lowest BCUT2D eigenvalue weighted by Gasteiger charge is -2.13. The number of aromatic nitrogens is 2. The van der Waals surface area contributed by atoms with Gasteiger partial charge in [-0.15, -0.1) is 0 Å². The Morgan fingerprint density at radius 3 is 2.57 bits per heavy atom. The number of nitrogens with zero attached hydrogens (tertiary/aromatic N) is 2. The van der Waals surface area contributed by atoms with Gasteiger partial charge in [0.15, 0.2) is 5.16 Å². The molecule has 9 heteroatoms. The third-order valence-corrected chi connectivity index (χ3v) is 6.27. The molecule has 0 aliphatic heterocycles. The highest BCUT2D eigenvalue weighted by Gasteiger charge is 2.16. The van der Waals surface area contributed by atoms with Crippen LogP contribution in [0.15, 0.2) is 82.7 Å². The molecular formula is C26H22ClN3O4S. The monoisotopic (exact) mass is 507 g/mol. The molecule has 1 N–H and O–H groups in total. The smallest absolute Gasteiger partial charge is 0.339 e. The van der Waals surface area contributed by atoms with E-state index in [0.29, 0.717) is 33.9 Å². The number of carbonyl (C=O) groups excluding carboxylic acids is 2. The van der Waals surface area contributed by atoms with E-state index in [0.717, 1.165) is 11.8 Å². The van der Waals surface area contributed by atoms with Crippen molar-refractivity contribution >= 4 is 51.8 Å². The van der Waals surface area contributed by atoms with E-state index in [9.17, 15) is 14.4 Å². The zero-order valence-electron chi connectivity index (χ0n) is 18.9. The maximum absolute atomic E-state index is 13.2. The number of esters is 1. The average Bonchev–Trinajstić information content (AvgIpc) is 2.87. The van der Waals surface area contributed by atoms with Gasteiger partial charge >= 0.3 is 5.97 Å². The van der Waals surface area contributed by atoms with E-state index >= 15 is 0 Å². The molecule has 178 valence electrons. The molecular weight excluding hydrogens is 486 g/mol. The molecule has 4 rings (SSSR count). The molecule has 0 aliphatic rings. The number of carbonyl (C=O) groups is 2. The number of para-hydroxylation sites is 2. The highest BCUT2D eigenvalue weighted by Crippen LogP contribution is 2.24. The number of ether oxygens (including phenoxy) is 1. The molecule has 35 heavy (non-hydrogen) atoms. The molecule has 1 aromatic heterocycles. The van der Waals surface area contributed by atoms with Crippen LogP contribution in [0.1, 0.15) is 23.7 Å². The lowest BCUT2D eigenvalue weighted by Crippen LogP contribution is -2.23. The Kier molecular flexibility index (Phi) is 7.84. The number of anilines is 1. The van der Waals surface area contributed by atoms with Crippen molar-refractivity contribution < 1.29 is 14.3 Å². The van der Waals surface area contributed by atoms with E-state index < -0.39 is 5.97 Å². The molecule has 0 saturated heterocycles. The van der Waals surface area contributed by atoms with Gasteiger partial charge in [0.05, 0.1) is 39.5 Å². The molecule has 0 bridgehead atoms. The van der Waals surface area contributed by atoms with Gasteiger partial charge in [-0.1, -0.05) is 60.6 Å². The van der Waals surface area contributed by atoms with Gasteiger partial charge in [-0.25, -0.2) is 9.78 Å². The first-order chi connectivity index (χ1) is 17.0. The summed E-state index contributed by atoms with van der Waals surface area (Å²) in [6.07, 6.45) is 0.688. The van der Waals surface area contributed by atoms with Gasteiger partial charge in [0.1, 0.15) is 0 Å². The van der Waals surface area contributed by atoms with E-state index in [-0.39, 0.29) is 34.4 Å². The number of thioether (sulfide) groups is 1. The van der Waals surface area contributed by atoms with Crippen LogP contribution in [0, 0.1) is 0 Å². The fourth-order valence-corrected chi connectivity index (χ4v) is 4.38. The molecule has 4 aromatic rings. The van der Waals surface area contributed by atoms with Crippen molar-refractivity contribution in [3.8, 4) is 5.69 Å². The first-order valence-electron chi connectivity index (χ1n) is 10.9. The van der Waals surface area contributed by atoms with Gasteiger partial charge in [-0.2, -0.15) is 0 Å². The molecule has 1 amide bonds. The zero-order chi connectivity index (χ0) is 24.8. The number of halogens is 1. The third-order valence-electron chi connectivity index (χ3n) is 5.00. The van der Waals surface area contributed by atoms with Gasteiger partial charge in [0.2, 0.25) is 5.91 Å². The summed E-state index contributed by atoms with van der Waals surface area (Å²) in [5.74, 6) is -0.877. The molecule has 0 spiro atoms. The van der Waals surface area contributed by atoms with Gasteiger partial charge in [0.25, 0.3) is 5.56 Å². The van der Waals surface area contributed by atoms with Crippen molar-refractivity contribution in [1.29, 1.82) is 0 Å². The number of hydrogen-bond acceptors (Lipinski definition) is 6. The summed E-state index contributed by atoms with van der Waals surface area (Å²) in [7, 11) is 0. The number of nitrogens with one attached hydrogen (secondary N) is 1. The summed E-state index contributed by atoms with van der Waals surface area (Å²) in [5.41, 5.74) is 1.60. The lowest BCUT2D eigenvalue weighted by atomic mass is 10.2. The summed E-state index contributed by atoms with van der Waals surface area (Å²) in [6.45, 7) is 2.18. The Morgan fingerprint density at radius 2 is 1.80 bits per heavy atom. The van der Waals surface area contributed by atoms with Crippen LogP contribution in [-0.2, 0) is 9.53 Å². The minimum absolute atomic E-state index is 0.00411. The Hall–Kier alpha value is -3.62. The quantitative estimate of drug-likeness (QED) is 0.197. The van der Waals surface area contributed by atoms with Crippen molar-refractivity contribution in [3.05, 3.63) is 93.7 Å². The van der Waals surface area contributed by atoms with E-state index in [2.05, 4.69) is 10.3 Å². The SMILES string of the molecule is CCCOC(=O)c1cc(NC(=O)CSc2nc3ccccc3c(=O)n2-c2ccccc2)ccc1Cl. The maximum Gasteiger partial charge on any atom is 0.339 e. The van der Waals surface area contributed by atoms with Crippen LogP contribution >= 0.6 is 23.4 Å². The second-order valence-electron chi connectivity index (χ2n) is 7.56. The summed E-state index contributed by atoms with van der Waals surface area (Å²) < 4.78 is 6.65. The molecule has 3 aromatic carbocycles. The highest BCUT2D eigenvalue weighted by molar-refractivity contribution is 7.99. The lowest BCUT2D eigenvalue weighted by molar-refractivity contribution is -0.113. The summed E-state index contributed by atoms with van der Waals surface area (Å²) in [6, 6.07) is 20.9. The Labute approximate surface area is 211 Å². The second-order valence-corrected chi connectivity index (χ2v) is 8.90. The minimum atomic E-state index is -0.547. The number of benzene rings is 3. The van der Waals surface area contributed by atoms with Crippen LogP contribution in [0.5, 0.6) is 0 Å². The minimum Gasteiger partial charge on any atom is -0.462 e. The third kappa shape index (κ3) is 5.72. The average molecular weight is 508 g/mol. The van der Waals surface area contributed by atoms with Gasteiger partial charge < -0.3 is 10.1 Å². The van der Waals surface area contributed by atoms with Crippen molar-refractivity contribution in [2.45, 2.75) is 18.5 Å². The first-order valence-corrected chi connectivity index (χ1v) is 12.3. The second kappa shape index (κ2) is 11.2. The number of rotatable bonds is 8. The number of amides is 1. The fourth-order valence-electron chi connectivity index (χ4n) is 3.37. The predicted molar refractivity (Wildman–Crippen MR) is 139 cm³/mol. The Balaban J connectivity index is 1.56. The standard InChI is InChI=1S/C26H22ClN3O4S/c1-2-14-34-25(33)20-15-17(12-13-21(20)27)28-23(31)16-35-26-29-22-11-7-6-10-19(22)24(32)30(26)18-8-4-3-5-9-18/h3-13,15H,2,14,16H2,1H3,(H,28,31). The molecule has 1 heterocycles. The van der Waals surface area contributed by atoms with Crippen molar-refractivity contribution in [2.75, 3.05) is 17.7 Å². The zero-order valence-corrected chi connectivity index (χ0v) is 20.4. The number of fused-ring (bicyclic) bond motifs is 1.